The average molecular weight is 324 g/mol. The molecule has 23 heavy (non-hydrogen) atoms. The lowest BCUT2D eigenvalue weighted by Gasteiger charge is -2.41. The van der Waals surface area contributed by atoms with Gasteiger partial charge in [0, 0.05) is 31.6 Å². The summed E-state index contributed by atoms with van der Waals surface area (Å²) in [7, 11) is 0. The Hall–Kier alpha value is -0.610. The molecule has 0 saturated carbocycles. The van der Waals surface area contributed by atoms with Crippen molar-refractivity contribution in [2.45, 2.75) is 65.8 Å². The molecule has 3 aliphatic rings. The van der Waals surface area contributed by atoms with Crippen molar-refractivity contribution in [3.63, 3.8) is 0 Å². The minimum atomic E-state index is 0.288. The Morgan fingerprint density at radius 2 is 1.61 bits per heavy atom. The Morgan fingerprint density at radius 1 is 1.04 bits per heavy atom. The first-order chi connectivity index (χ1) is 11.1. The lowest BCUT2D eigenvalue weighted by atomic mass is 9.77. The van der Waals surface area contributed by atoms with Gasteiger partial charge in [-0.25, -0.2) is 0 Å². The van der Waals surface area contributed by atoms with Gasteiger partial charge in [-0.05, 0) is 71.0 Å². The van der Waals surface area contributed by atoms with E-state index in [-0.39, 0.29) is 5.92 Å². The van der Waals surface area contributed by atoms with E-state index < -0.39 is 0 Å². The van der Waals surface area contributed by atoms with Crippen LogP contribution >= 0.6 is 0 Å². The summed E-state index contributed by atoms with van der Waals surface area (Å²) in [6, 6.07) is 0.666. The van der Waals surface area contributed by atoms with E-state index in [0.717, 1.165) is 39.0 Å². The number of rotatable bonds is 2. The lowest BCUT2D eigenvalue weighted by molar-refractivity contribution is -0.138. The largest absolute Gasteiger partial charge is 0.342 e. The van der Waals surface area contributed by atoms with Crippen molar-refractivity contribution in [1.82, 2.24) is 15.1 Å². The van der Waals surface area contributed by atoms with Crippen molar-refractivity contribution < 1.29 is 4.79 Å². The average Bonchev–Trinajstić information content (AvgIpc) is 3.02. The second-order valence-electron chi connectivity index (χ2n) is 7.66. The second kappa shape index (κ2) is 8.48. The van der Waals surface area contributed by atoms with Crippen LogP contribution in [0.4, 0.5) is 0 Å². The number of piperidine rings is 2. The number of amides is 1. The fourth-order valence-electron chi connectivity index (χ4n) is 4.35. The van der Waals surface area contributed by atoms with Gasteiger partial charge in [-0.3, -0.25) is 4.79 Å². The van der Waals surface area contributed by atoms with Crippen LogP contribution in [0.5, 0.6) is 0 Å². The van der Waals surface area contributed by atoms with Crippen LogP contribution in [0, 0.1) is 11.3 Å². The van der Waals surface area contributed by atoms with Crippen molar-refractivity contribution >= 4 is 5.91 Å². The van der Waals surface area contributed by atoms with Crippen LogP contribution in [-0.4, -0.2) is 61.0 Å². The molecule has 0 aliphatic carbocycles. The van der Waals surface area contributed by atoms with Crippen LogP contribution in [0.25, 0.3) is 0 Å². The molecular formula is C19H37N3O. The fourth-order valence-corrected chi connectivity index (χ4v) is 4.35. The predicted molar refractivity (Wildman–Crippen MR) is 96.5 cm³/mol. The topological polar surface area (TPSA) is 35.6 Å². The van der Waals surface area contributed by atoms with Crippen LogP contribution in [0.2, 0.25) is 0 Å². The Balaban J connectivity index is 0.000000924. The molecule has 1 spiro atoms. The van der Waals surface area contributed by atoms with E-state index in [2.05, 4.69) is 29.0 Å². The Bertz CT molecular complexity index is 369. The van der Waals surface area contributed by atoms with E-state index in [0.29, 0.717) is 17.4 Å². The summed E-state index contributed by atoms with van der Waals surface area (Å²) in [5.41, 5.74) is 0.509. The van der Waals surface area contributed by atoms with Crippen LogP contribution in [0.3, 0.4) is 0 Å². The predicted octanol–water partition coefficient (Wildman–Crippen LogP) is 2.74. The second-order valence-corrected chi connectivity index (χ2v) is 7.66. The molecule has 3 heterocycles. The molecule has 0 bridgehead atoms. The molecule has 0 radical (unpaired) electrons. The zero-order valence-corrected chi connectivity index (χ0v) is 15.7. The van der Waals surface area contributed by atoms with Crippen molar-refractivity contribution in [2.75, 3.05) is 39.3 Å². The highest BCUT2D eigenvalue weighted by molar-refractivity contribution is 5.79. The minimum Gasteiger partial charge on any atom is -0.342 e. The maximum Gasteiger partial charge on any atom is 0.225 e. The zero-order valence-electron chi connectivity index (χ0n) is 15.7. The van der Waals surface area contributed by atoms with Crippen molar-refractivity contribution in [3.05, 3.63) is 0 Å². The highest BCUT2D eigenvalue weighted by atomic mass is 16.2. The number of hydrogen-bond donors (Lipinski definition) is 1. The van der Waals surface area contributed by atoms with Gasteiger partial charge in [0.15, 0.2) is 0 Å². The Labute approximate surface area is 143 Å². The lowest BCUT2D eigenvalue weighted by Crippen LogP contribution is -2.48. The summed E-state index contributed by atoms with van der Waals surface area (Å²) in [4.78, 5) is 17.4. The summed E-state index contributed by atoms with van der Waals surface area (Å²) < 4.78 is 0. The number of carbonyl (C=O) groups excluding carboxylic acids is 1. The van der Waals surface area contributed by atoms with E-state index in [1.807, 2.05) is 13.8 Å². The van der Waals surface area contributed by atoms with Crippen molar-refractivity contribution in [1.29, 1.82) is 0 Å². The minimum absolute atomic E-state index is 0.288. The molecule has 0 unspecified atom stereocenters. The molecule has 0 atom stereocenters. The van der Waals surface area contributed by atoms with E-state index in [1.165, 1.54) is 32.4 Å². The van der Waals surface area contributed by atoms with Gasteiger partial charge < -0.3 is 15.1 Å². The third-order valence-electron chi connectivity index (χ3n) is 6.02. The zero-order chi connectivity index (χ0) is 16.9. The highest BCUT2D eigenvalue weighted by Gasteiger charge is 2.42. The van der Waals surface area contributed by atoms with Gasteiger partial charge in [0.25, 0.3) is 0 Å². The van der Waals surface area contributed by atoms with Gasteiger partial charge in [-0.1, -0.05) is 13.8 Å². The molecule has 3 saturated heterocycles. The molecule has 1 amide bonds. The maximum absolute atomic E-state index is 12.6. The molecule has 3 aliphatic heterocycles. The standard InChI is InChI=1S/C17H31N3O.C2H6/c1-14(2)20-12-7-17(13-20)5-10-19(11-6-17)16(21)15-3-8-18-9-4-15;1-2/h14-15,18H,3-13H2,1-2H3;1-2H3. The van der Waals surface area contributed by atoms with Crippen LogP contribution in [0.1, 0.15) is 59.8 Å². The first-order valence-electron chi connectivity index (χ1n) is 9.83. The smallest absolute Gasteiger partial charge is 0.225 e. The van der Waals surface area contributed by atoms with Crippen molar-refractivity contribution in [2.24, 2.45) is 11.3 Å². The van der Waals surface area contributed by atoms with Crippen molar-refractivity contribution in [3.8, 4) is 0 Å². The van der Waals surface area contributed by atoms with E-state index >= 15 is 0 Å². The third-order valence-corrected chi connectivity index (χ3v) is 6.02. The number of nitrogens with zero attached hydrogens (tertiary/aromatic N) is 2. The molecule has 3 fully saturated rings. The molecule has 3 rings (SSSR count). The summed E-state index contributed by atoms with van der Waals surface area (Å²) >= 11 is 0. The SMILES string of the molecule is CC.CC(C)N1CCC2(CCN(C(=O)C3CCNCC3)CC2)C1. The van der Waals surface area contributed by atoms with Crippen LogP contribution in [-0.2, 0) is 4.79 Å². The first kappa shape index (κ1) is 18.7. The molecule has 134 valence electrons. The van der Waals surface area contributed by atoms with Gasteiger partial charge in [-0.2, -0.15) is 0 Å². The third kappa shape index (κ3) is 4.48. The Kier molecular flexibility index (Phi) is 6.90. The maximum atomic E-state index is 12.6. The number of likely N-dealkylation sites (tertiary alicyclic amines) is 2. The normalized spacial score (nSPS) is 25.5. The summed E-state index contributed by atoms with van der Waals surface area (Å²) in [5.74, 6) is 0.723. The van der Waals surface area contributed by atoms with E-state index in [9.17, 15) is 4.79 Å². The summed E-state index contributed by atoms with van der Waals surface area (Å²) in [6.07, 6.45) is 5.82. The molecular weight excluding hydrogens is 286 g/mol. The van der Waals surface area contributed by atoms with Gasteiger partial charge in [0.2, 0.25) is 5.91 Å². The van der Waals surface area contributed by atoms with Gasteiger partial charge in [0.05, 0.1) is 0 Å². The number of hydrogen-bond acceptors (Lipinski definition) is 3. The molecule has 4 nitrogen and oxygen atoms in total. The van der Waals surface area contributed by atoms with Gasteiger partial charge in [0.1, 0.15) is 0 Å². The summed E-state index contributed by atoms with van der Waals surface area (Å²) in [6.45, 7) is 15.1. The van der Waals surface area contributed by atoms with Gasteiger partial charge in [-0.15, -0.1) is 0 Å². The molecule has 0 aromatic rings. The quantitative estimate of drug-likeness (QED) is 0.849. The Morgan fingerprint density at radius 3 is 2.13 bits per heavy atom. The molecule has 0 aromatic carbocycles. The van der Waals surface area contributed by atoms with E-state index in [1.54, 1.807) is 0 Å². The monoisotopic (exact) mass is 323 g/mol. The molecule has 4 heteroatoms. The summed E-state index contributed by atoms with van der Waals surface area (Å²) in [5, 5.41) is 3.35. The highest BCUT2D eigenvalue weighted by Crippen LogP contribution is 2.41. The number of nitrogens with one attached hydrogen (secondary N) is 1. The first-order valence-corrected chi connectivity index (χ1v) is 9.83. The van der Waals surface area contributed by atoms with E-state index in [4.69, 9.17) is 0 Å². The fraction of sp³-hybridized carbons (Fsp3) is 0.947. The van der Waals surface area contributed by atoms with Crippen LogP contribution in [0.15, 0.2) is 0 Å². The van der Waals surface area contributed by atoms with Gasteiger partial charge >= 0.3 is 0 Å². The number of carbonyl (C=O) groups is 1. The molecule has 0 aromatic heterocycles. The molecule has 1 N–H and O–H groups in total. The van der Waals surface area contributed by atoms with Crippen LogP contribution < -0.4 is 5.32 Å².